The van der Waals surface area contributed by atoms with Gasteiger partial charge in [-0.3, -0.25) is 14.8 Å². The molecule has 28 heavy (non-hydrogen) atoms. The zero-order chi connectivity index (χ0) is 19.2. The maximum Gasteiger partial charge on any atom is 0.253 e. The van der Waals surface area contributed by atoms with Crippen LogP contribution in [0.25, 0.3) is 11.3 Å². The molecule has 2 heterocycles. The van der Waals surface area contributed by atoms with Crippen LogP contribution in [-0.4, -0.2) is 65.2 Å². The van der Waals surface area contributed by atoms with Gasteiger partial charge in [-0.2, -0.15) is 5.10 Å². The molecule has 0 atom stereocenters. The Morgan fingerprint density at radius 3 is 2.39 bits per heavy atom. The van der Waals surface area contributed by atoms with Gasteiger partial charge in [-0.05, 0) is 35.9 Å². The SMILES string of the molecule is O=C(c1ccc(-c2ccn[nH]2)cc1)N1CCN(CCOc2ccccc2)CC1. The zero-order valence-corrected chi connectivity index (χ0v) is 15.8. The van der Waals surface area contributed by atoms with Crippen LogP contribution in [0, 0.1) is 0 Å². The molecule has 6 heteroatoms. The summed E-state index contributed by atoms with van der Waals surface area (Å²) in [6.45, 7) is 4.76. The molecule has 0 bridgehead atoms. The Hall–Kier alpha value is -3.12. The summed E-state index contributed by atoms with van der Waals surface area (Å²) in [5.41, 5.74) is 2.70. The van der Waals surface area contributed by atoms with E-state index in [2.05, 4.69) is 15.1 Å². The number of benzene rings is 2. The van der Waals surface area contributed by atoms with Gasteiger partial charge in [0.2, 0.25) is 0 Å². The summed E-state index contributed by atoms with van der Waals surface area (Å²) in [6, 6.07) is 19.5. The van der Waals surface area contributed by atoms with Crippen LogP contribution in [0.2, 0.25) is 0 Å². The summed E-state index contributed by atoms with van der Waals surface area (Å²) in [5.74, 6) is 0.992. The summed E-state index contributed by atoms with van der Waals surface area (Å²) in [7, 11) is 0. The van der Waals surface area contributed by atoms with Gasteiger partial charge < -0.3 is 9.64 Å². The Labute approximate surface area is 164 Å². The van der Waals surface area contributed by atoms with E-state index in [4.69, 9.17) is 4.74 Å². The van der Waals surface area contributed by atoms with Gasteiger partial charge in [-0.1, -0.05) is 30.3 Å². The van der Waals surface area contributed by atoms with Crippen LogP contribution in [-0.2, 0) is 0 Å². The number of para-hydroxylation sites is 1. The van der Waals surface area contributed by atoms with Crippen molar-refractivity contribution < 1.29 is 9.53 Å². The van der Waals surface area contributed by atoms with E-state index >= 15 is 0 Å². The van der Waals surface area contributed by atoms with Crippen molar-refractivity contribution in [1.29, 1.82) is 0 Å². The molecule has 6 nitrogen and oxygen atoms in total. The molecule has 0 radical (unpaired) electrons. The average Bonchev–Trinajstić information content (AvgIpc) is 3.30. The largest absolute Gasteiger partial charge is 0.492 e. The lowest BCUT2D eigenvalue weighted by Gasteiger charge is -2.34. The van der Waals surface area contributed by atoms with E-state index < -0.39 is 0 Å². The van der Waals surface area contributed by atoms with Gasteiger partial charge in [-0.15, -0.1) is 0 Å². The normalized spacial score (nSPS) is 14.8. The molecule has 0 unspecified atom stereocenters. The van der Waals surface area contributed by atoms with E-state index in [1.807, 2.05) is 65.6 Å². The van der Waals surface area contributed by atoms with Gasteiger partial charge in [0.1, 0.15) is 12.4 Å². The maximum atomic E-state index is 12.8. The van der Waals surface area contributed by atoms with Gasteiger partial charge in [-0.25, -0.2) is 0 Å². The van der Waals surface area contributed by atoms with Crippen LogP contribution in [0.1, 0.15) is 10.4 Å². The van der Waals surface area contributed by atoms with Crippen LogP contribution in [0.15, 0.2) is 66.9 Å². The standard InChI is InChI=1S/C22H24N4O2/c27-22(19-8-6-18(7-9-19)21-10-11-23-24-21)26-14-12-25(13-15-26)16-17-28-20-4-2-1-3-5-20/h1-11H,12-17H2,(H,23,24). The molecule has 1 aromatic heterocycles. The minimum Gasteiger partial charge on any atom is -0.492 e. The number of aromatic nitrogens is 2. The van der Waals surface area contributed by atoms with Gasteiger partial charge in [0.25, 0.3) is 5.91 Å². The van der Waals surface area contributed by atoms with E-state index in [0.717, 1.165) is 55.3 Å². The fourth-order valence-corrected chi connectivity index (χ4v) is 3.38. The van der Waals surface area contributed by atoms with Crippen molar-refractivity contribution in [1.82, 2.24) is 20.0 Å². The predicted molar refractivity (Wildman–Crippen MR) is 108 cm³/mol. The molecule has 0 aliphatic carbocycles. The summed E-state index contributed by atoms with van der Waals surface area (Å²) >= 11 is 0. The molecular formula is C22H24N4O2. The van der Waals surface area contributed by atoms with Gasteiger partial charge >= 0.3 is 0 Å². The number of piperazine rings is 1. The van der Waals surface area contributed by atoms with Crippen molar-refractivity contribution in [2.24, 2.45) is 0 Å². The summed E-state index contributed by atoms with van der Waals surface area (Å²) < 4.78 is 5.76. The summed E-state index contributed by atoms with van der Waals surface area (Å²) in [4.78, 5) is 17.0. The second-order valence-corrected chi connectivity index (χ2v) is 6.84. The van der Waals surface area contributed by atoms with Crippen LogP contribution in [0.4, 0.5) is 0 Å². The van der Waals surface area contributed by atoms with Crippen molar-refractivity contribution in [3.63, 3.8) is 0 Å². The minimum absolute atomic E-state index is 0.0938. The Kier molecular flexibility index (Phi) is 5.68. The fourth-order valence-electron chi connectivity index (χ4n) is 3.38. The Morgan fingerprint density at radius 1 is 0.964 bits per heavy atom. The van der Waals surface area contributed by atoms with E-state index in [1.54, 1.807) is 6.20 Å². The molecule has 3 aromatic rings. The topological polar surface area (TPSA) is 61.5 Å². The van der Waals surface area contributed by atoms with Crippen molar-refractivity contribution >= 4 is 5.91 Å². The first-order valence-corrected chi connectivity index (χ1v) is 9.59. The molecule has 1 saturated heterocycles. The molecule has 144 valence electrons. The zero-order valence-electron chi connectivity index (χ0n) is 15.8. The Morgan fingerprint density at radius 2 is 1.71 bits per heavy atom. The Balaban J connectivity index is 1.24. The number of nitrogens with zero attached hydrogens (tertiary/aromatic N) is 3. The van der Waals surface area contributed by atoms with Gasteiger partial charge in [0.05, 0.1) is 5.69 Å². The Bertz CT molecular complexity index is 871. The highest BCUT2D eigenvalue weighted by molar-refractivity contribution is 5.94. The molecule has 1 N–H and O–H groups in total. The highest BCUT2D eigenvalue weighted by Gasteiger charge is 2.22. The molecule has 1 aliphatic rings. The van der Waals surface area contributed by atoms with Crippen LogP contribution in [0.5, 0.6) is 5.75 Å². The first-order valence-electron chi connectivity index (χ1n) is 9.59. The molecule has 1 amide bonds. The number of hydrogen-bond donors (Lipinski definition) is 1. The molecule has 1 aliphatic heterocycles. The molecule has 4 rings (SSSR count). The number of ether oxygens (including phenoxy) is 1. The quantitative estimate of drug-likeness (QED) is 0.719. The lowest BCUT2D eigenvalue weighted by atomic mass is 10.1. The monoisotopic (exact) mass is 376 g/mol. The van der Waals surface area contributed by atoms with Gasteiger partial charge in [0, 0.05) is 44.5 Å². The number of H-pyrrole nitrogens is 1. The number of aromatic amines is 1. The number of carbonyl (C=O) groups excluding carboxylic acids is 1. The van der Waals surface area contributed by atoms with Crippen molar-refractivity contribution in [2.75, 3.05) is 39.3 Å². The third kappa shape index (κ3) is 4.40. The molecular weight excluding hydrogens is 352 g/mol. The first kappa shape index (κ1) is 18.3. The highest BCUT2D eigenvalue weighted by atomic mass is 16.5. The lowest BCUT2D eigenvalue weighted by molar-refractivity contribution is 0.0620. The highest BCUT2D eigenvalue weighted by Crippen LogP contribution is 2.18. The second-order valence-electron chi connectivity index (χ2n) is 6.84. The van der Waals surface area contributed by atoms with E-state index in [0.29, 0.717) is 6.61 Å². The van der Waals surface area contributed by atoms with E-state index in [1.165, 1.54) is 0 Å². The van der Waals surface area contributed by atoms with E-state index in [-0.39, 0.29) is 5.91 Å². The van der Waals surface area contributed by atoms with Crippen molar-refractivity contribution in [2.45, 2.75) is 0 Å². The smallest absolute Gasteiger partial charge is 0.253 e. The van der Waals surface area contributed by atoms with Crippen molar-refractivity contribution in [3.05, 3.63) is 72.4 Å². The average molecular weight is 376 g/mol. The third-order valence-corrected chi connectivity index (χ3v) is 5.02. The van der Waals surface area contributed by atoms with Crippen LogP contribution >= 0.6 is 0 Å². The molecule has 1 fully saturated rings. The molecule has 2 aromatic carbocycles. The number of carbonyl (C=O) groups is 1. The second kappa shape index (κ2) is 8.71. The first-order chi connectivity index (χ1) is 13.8. The predicted octanol–water partition coefficient (Wildman–Crippen LogP) is 2.91. The third-order valence-electron chi connectivity index (χ3n) is 5.02. The number of hydrogen-bond acceptors (Lipinski definition) is 4. The van der Waals surface area contributed by atoms with Gasteiger partial charge in [0.15, 0.2) is 0 Å². The number of amides is 1. The van der Waals surface area contributed by atoms with Crippen LogP contribution in [0.3, 0.4) is 0 Å². The van der Waals surface area contributed by atoms with Crippen LogP contribution < -0.4 is 4.74 Å². The number of rotatable bonds is 6. The summed E-state index contributed by atoms with van der Waals surface area (Å²) in [6.07, 6.45) is 1.72. The van der Waals surface area contributed by atoms with E-state index in [9.17, 15) is 4.79 Å². The maximum absolute atomic E-state index is 12.8. The van der Waals surface area contributed by atoms with Crippen molar-refractivity contribution in [3.8, 4) is 17.0 Å². The minimum atomic E-state index is 0.0938. The fraction of sp³-hybridized carbons (Fsp3) is 0.273. The molecule has 0 saturated carbocycles. The lowest BCUT2D eigenvalue weighted by Crippen LogP contribution is -2.49. The summed E-state index contributed by atoms with van der Waals surface area (Å²) in [5, 5.41) is 6.90. The number of nitrogens with one attached hydrogen (secondary N) is 1. The molecule has 0 spiro atoms.